The molecule has 0 unspecified atom stereocenters. The molecule has 0 fully saturated rings. The van der Waals surface area contributed by atoms with E-state index in [0.29, 0.717) is 39.4 Å². The lowest BCUT2D eigenvalue weighted by molar-refractivity contribution is -0.111. The van der Waals surface area contributed by atoms with E-state index in [1.54, 1.807) is 37.6 Å². The van der Waals surface area contributed by atoms with E-state index in [4.69, 9.17) is 37.1 Å². The highest BCUT2D eigenvalue weighted by atomic mass is 35.5. The summed E-state index contributed by atoms with van der Waals surface area (Å²) in [5.41, 5.74) is 4.35. The Kier molecular flexibility index (Phi) is 7.15. The topological polar surface area (TPSA) is 60.7 Å². The van der Waals surface area contributed by atoms with Crippen LogP contribution >= 0.6 is 23.2 Å². The lowest BCUT2D eigenvalue weighted by atomic mass is 9.99. The van der Waals surface area contributed by atoms with Crippen molar-refractivity contribution in [2.45, 2.75) is 13.8 Å². The van der Waals surface area contributed by atoms with Crippen LogP contribution in [0.2, 0.25) is 10.0 Å². The zero-order valence-corrected chi connectivity index (χ0v) is 20.5. The molecular formula is C27H23Cl2NO4. The van der Waals surface area contributed by atoms with Crippen LogP contribution in [0.5, 0.6) is 11.5 Å². The lowest BCUT2D eigenvalue weighted by Gasteiger charge is -2.12. The van der Waals surface area contributed by atoms with Crippen molar-refractivity contribution in [1.82, 2.24) is 0 Å². The van der Waals surface area contributed by atoms with E-state index in [-0.39, 0.29) is 5.91 Å². The maximum absolute atomic E-state index is 12.8. The second-order valence-electron chi connectivity index (χ2n) is 7.57. The van der Waals surface area contributed by atoms with Gasteiger partial charge in [0.1, 0.15) is 17.1 Å². The molecule has 0 aliphatic carbocycles. The molecule has 0 radical (unpaired) electrons. The van der Waals surface area contributed by atoms with Gasteiger partial charge in [-0.05, 0) is 49.8 Å². The van der Waals surface area contributed by atoms with Gasteiger partial charge in [0.25, 0.3) is 0 Å². The van der Waals surface area contributed by atoms with Gasteiger partial charge in [0.2, 0.25) is 5.91 Å². The van der Waals surface area contributed by atoms with Gasteiger partial charge in [-0.3, -0.25) is 4.79 Å². The number of carbonyl (C=O) groups excluding carboxylic acids is 1. The normalized spacial score (nSPS) is 11.5. The lowest BCUT2D eigenvalue weighted by Crippen LogP contribution is -2.10. The van der Waals surface area contributed by atoms with Crippen molar-refractivity contribution in [2.24, 2.45) is 0 Å². The number of rotatable bonds is 7. The minimum Gasteiger partial charge on any atom is -0.496 e. The molecular weight excluding hydrogens is 473 g/mol. The van der Waals surface area contributed by atoms with Gasteiger partial charge in [0.05, 0.1) is 30.7 Å². The zero-order chi connectivity index (χ0) is 24.2. The molecule has 0 atom stereocenters. The van der Waals surface area contributed by atoms with Gasteiger partial charge in [-0.25, -0.2) is 0 Å². The quantitative estimate of drug-likeness (QED) is 0.265. The summed E-state index contributed by atoms with van der Waals surface area (Å²) >= 11 is 12.5. The van der Waals surface area contributed by atoms with Gasteiger partial charge < -0.3 is 19.2 Å². The molecule has 0 aliphatic rings. The molecule has 0 bridgehead atoms. The summed E-state index contributed by atoms with van der Waals surface area (Å²) in [4.78, 5) is 12.8. The molecule has 0 saturated carbocycles. The summed E-state index contributed by atoms with van der Waals surface area (Å²) in [6.07, 6.45) is 3.18. The first-order valence-electron chi connectivity index (χ1n) is 10.7. The fourth-order valence-electron chi connectivity index (χ4n) is 3.74. The predicted octanol–water partition coefficient (Wildman–Crippen LogP) is 7.86. The molecule has 3 aromatic carbocycles. The number of halogens is 2. The van der Waals surface area contributed by atoms with Crippen molar-refractivity contribution in [1.29, 1.82) is 0 Å². The maximum atomic E-state index is 12.8. The van der Waals surface area contributed by atoms with Crippen LogP contribution in [0.3, 0.4) is 0 Å². The first kappa shape index (κ1) is 23.7. The van der Waals surface area contributed by atoms with E-state index in [0.717, 1.165) is 27.6 Å². The Balaban J connectivity index is 1.71. The molecule has 0 aliphatic heterocycles. The second kappa shape index (κ2) is 10.2. The molecule has 0 saturated heterocycles. The number of ether oxygens (including phenoxy) is 2. The van der Waals surface area contributed by atoms with E-state index in [9.17, 15) is 4.79 Å². The monoisotopic (exact) mass is 495 g/mol. The first-order valence-corrected chi connectivity index (χ1v) is 11.4. The summed E-state index contributed by atoms with van der Waals surface area (Å²) in [7, 11) is 1.58. The van der Waals surface area contributed by atoms with Gasteiger partial charge in [-0.1, -0.05) is 41.4 Å². The molecule has 4 aromatic rings. The van der Waals surface area contributed by atoms with Crippen molar-refractivity contribution in [3.63, 3.8) is 0 Å². The third kappa shape index (κ3) is 4.91. The molecule has 1 N–H and O–H groups in total. The summed E-state index contributed by atoms with van der Waals surface area (Å²) in [5.74, 6) is 0.929. The van der Waals surface area contributed by atoms with Gasteiger partial charge in [0, 0.05) is 39.2 Å². The molecule has 1 heterocycles. The van der Waals surface area contributed by atoms with Crippen LogP contribution in [0.4, 0.5) is 5.69 Å². The number of furan rings is 1. The Morgan fingerprint density at radius 3 is 2.59 bits per heavy atom. The number of hydrogen-bond acceptors (Lipinski definition) is 4. The molecule has 1 aromatic heterocycles. The Bertz CT molecular complexity index is 1390. The zero-order valence-electron chi connectivity index (χ0n) is 18.9. The largest absolute Gasteiger partial charge is 0.496 e. The average molecular weight is 496 g/mol. The first-order chi connectivity index (χ1) is 16.4. The molecule has 5 nitrogen and oxygen atoms in total. The number of methoxy groups -OCH3 is 1. The minimum absolute atomic E-state index is 0.278. The smallest absolute Gasteiger partial charge is 0.248 e. The fraction of sp³-hybridized carbons (Fsp3) is 0.148. The maximum Gasteiger partial charge on any atom is 0.248 e. The number of fused-ring (bicyclic) bond motifs is 1. The van der Waals surface area contributed by atoms with E-state index < -0.39 is 0 Å². The Morgan fingerprint density at radius 1 is 1.06 bits per heavy atom. The number of carbonyl (C=O) groups is 1. The molecule has 34 heavy (non-hydrogen) atoms. The number of amides is 1. The van der Waals surface area contributed by atoms with Crippen molar-refractivity contribution in [3.8, 4) is 22.6 Å². The summed E-state index contributed by atoms with van der Waals surface area (Å²) < 4.78 is 17.0. The number of benzene rings is 3. The number of allylic oxidation sites excluding steroid dienone is 1. The highest BCUT2D eigenvalue weighted by Gasteiger charge is 2.17. The number of hydrogen-bond donors (Lipinski definition) is 1. The minimum atomic E-state index is -0.278. The summed E-state index contributed by atoms with van der Waals surface area (Å²) in [6, 6.07) is 16.4. The van der Waals surface area contributed by atoms with E-state index in [2.05, 4.69) is 5.32 Å². The van der Waals surface area contributed by atoms with Crippen LogP contribution in [-0.2, 0) is 4.79 Å². The molecule has 1 amide bonds. The van der Waals surface area contributed by atoms with Gasteiger partial charge in [-0.15, -0.1) is 0 Å². The third-order valence-electron chi connectivity index (χ3n) is 5.33. The predicted molar refractivity (Wildman–Crippen MR) is 138 cm³/mol. The number of nitrogens with one attached hydrogen (secondary N) is 1. The SMILES string of the molecule is CCOc1ccccc1NC(=O)/C=C(\C)c1cc2c(-c3ccc(Cl)cc3Cl)coc2cc1OC. The van der Waals surface area contributed by atoms with Crippen molar-refractivity contribution in [2.75, 3.05) is 19.0 Å². The van der Waals surface area contributed by atoms with Crippen molar-refractivity contribution < 1.29 is 18.7 Å². The average Bonchev–Trinajstić information content (AvgIpc) is 3.22. The summed E-state index contributed by atoms with van der Waals surface area (Å²) in [5, 5.41) is 4.80. The van der Waals surface area contributed by atoms with Crippen molar-refractivity contribution in [3.05, 3.63) is 82.5 Å². The highest BCUT2D eigenvalue weighted by molar-refractivity contribution is 6.36. The molecule has 4 rings (SSSR count). The van der Waals surface area contributed by atoms with Gasteiger partial charge in [0.15, 0.2) is 0 Å². The highest BCUT2D eigenvalue weighted by Crippen LogP contribution is 2.40. The van der Waals surface area contributed by atoms with Crippen LogP contribution in [0.15, 0.2) is 71.4 Å². The van der Waals surface area contributed by atoms with Crippen molar-refractivity contribution >= 4 is 51.3 Å². The summed E-state index contributed by atoms with van der Waals surface area (Å²) in [6.45, 7) is 4.25. The standard InChI is InChI=1S/C27H23Cl2NO4/c1-4-33-24-8-6-5-7-23(24)30-27(31)11-16(2)19-13-20-21(15-34-26(20)14-25(19)32-3)18-10-9-17(28)12-22(18)29/h5-15H,4H2,1-3H3,(H,30,31)/b16-11+. The molecule has 174 valence electrons. The number of anilines is 1. The van der Waals surface area contributed by atoms with Crippen LogP contribution in [0, 0.1) is 0 Å². The van der Waals surface area contributed by atoms with E-state index in [1.165, 1.54) is 6.08 Å². The van der Waals surface area contributed by atoms with Crippen LogP contribution < -0.4 is 14.8 Å². The van der Waals surface area contributed by atoms with Crippen LogP contribution in [0.1, 0.15) is 19.4 Å². The number of para-hydroxylation sites is 2. The third-order valence-corrected chi connectivity index (χ3v) is 5.88. The van der Waals surface area contributed by atoms with Gasteiger partial charge in [-0.2, -0.15) is 0 Å². The molecule has 0 spiro atoms. The van der Waals surface area contributed by atoms with E-state index in [1.807, 2.05) is 44.2 Å². The van der Waals surface area contributed by atoms with Crippen LogP contribution in [0.25, 0.3) is 27.7 Å². The Hall–Kier alpha value is -3.41. The Morgan fingerprint density at radius 2 is 1.85 bits per heavy atom. The Labute approximate surface area is 207 Å². The second-order valence-corrected chi connectivity index (χ2v) is 8.41. The fourth-order valence-corrected chi connectivity index (χ4v) is 4.25. The van der Waals surface area contributed by atoms with Crippen LogP contribution in [-0.4, -0.2) is 19.6 Å². The molecule has 7 heteroatoms. The van der Waals surface area contributed by atoms with E-state index >= 15 is 0 Å². The van der Waals surface area contributed by atoms with Gasteiger partial charge >= 0.3 is 0 Å².